The number of amides is 1. The van der Waals surface area contributed by atoms with Crippen molar-refractivity contribution in [1.29, 1.82) is 0 Å². The molecule has 2 rings (SSSR count). The van der Waals surface area contributed by atoms with Crippen molar-refractivity contribution in [2.75, 3.05) is 17.3 Å². The van der Waals surface area contributed by atoms with Crippen molar-refractivity contribution in [3.63, 3.8) is 0 Å². The lowest BCUT2D eigenvalue weighted by Gasteiger charge is -2.38. The molecule has 6 nitrogen and oxygen atoms in total. The summed E-state index contributed by atoms with van der Waals surface area (Å²) in [5, 5.41) is 11.3. The Morgan fingerprint density at radius 2 is 2.04 bits per heavy atom. The van der Waals surface area contributed by atoms with Crippen LogP contribution < -0.4 is 5.32 Å². The van der Waals surface area contributed by atoms with Gasteiger partial charge in [0.25, 0.3) is 0 Å². The van der Waals surface area contributed by atoms with Gasteiger partial charge in [0.1, 0.15) is 0 Å². The Kier molecular flexibility index (Phi) is 5.92. The molecular weight excluding hydrogens is 350 g/mol. The number of carboxylic acids is 1. The molecule has 1 aliphatic rings. The van der Waals surface area contributed by atoms with Crippen molar-refractivity contribution in [2.45, 2.75) is 36.2 Å². The minimum absolute atomic E-state index is 0.109. The lowest BCUT2D eigenvalue weighted by atomic mass is 9.83. The quantitative estimate of drug-likeness (QED) is 0.680. The first-order chi connectivity index (χ1) is 11.2. The van der Waals surface area contributed by atoms with Gasteiger partial charge in [-0.05, 0) is 37.0 Å². The predicted octanol–water partition coefficient (Wildman–Crippen LogP) is 2.30. The van der Waals surface area contributed by atoms with Gasteiger partial charge in [-0.3, -0.25) is 9.59 Å². The standard InChI is InChI=1S/C16H21NO5S2/c1-24(21,22)16(7-3-8-16)15(20)17-13-5-2-4-12(10-13)11-23-9-6-14(18)19/h2,4-5,10H,3,6-9,11H2,1H3,(H,17,20)(H,18,19). The Labute approximate surface area is 145 Å². The fourth-order valence-corrected chi connectivity index (χ4v) is 4.89. The molecule has 1 aliphatic carbocycles. The third-order valence-corrected chi connectivity index (χ3v) is 7.24. The second-order valence-corrected chi connectivity index (χ2v) is 9.40. The molecule has 1 fully saturated rings. The Balaban J connectivity index is 1.99. The van der Waals surface area contributed by atoms with Crippen LogP contribution in [0.4, 0.5) is 5.69 Å². The zero-order valence-electron chi connectivity index (χ0n) is 13.4. The Bertz CT molecular complexity index is 726. The van der Waals surface area contributed by atoms with Crippen LogP contribution in [0.15, 0.2) is 24.3 Å². The Morgan fingerprint density at radius 3 is 2.58 bits per heavy atom. The first-order valence-electron chi connectivity index (χ1n) is 7.64. The molecule has 2 N–H and O–H groups in total. The number of carboxylic acid groups (broad SMARTS) is 1. The molecule has 0 aliphatic heterocycles. The molecule has 24 heavy (non-hydrogen) atoms. The molecule has 1 amide bonds. The van der Waals surface area contributed by atoms with E-state index in [0.717, 1.165) is 18.2 Å². The molecule has 1 aromatic carbocycles. The van der Waals surface area contributed by atoms with Gasteiger partial charge in [0.2, 0.25) is 5.91 Å². The van der Waals surface area contributed by atoms with Crippen LogP contribution in [0.5, 0.6) is 0 Å². The first kappa shape index (κ1) is 18.8. The minimum Gasteiger partial charge on any atom is -0.481 e. The third kappa shape index (κ3) is 4.30. The van der Waals surface area contributed by atoms with Gasteiger partial charge in [-0.1, -0.05) is 12.1 Å². The first-order valence-corrected chi connectivity index (χ1v) is 10.7. The van der Waals surface area contributed by atoms with E-state index in [4.69, 9.17) is 5.11 Å². The van der Waals surface area contributed by atoms with Gasteiger partial charge in [0.15, 0.2) is 14.6 Å². The number of carbonyl (C=O) groups is 2. The van der Waals surface area contributed by atoms with E-state index in [1.807, 2.05) is 6.07 Å². The average Bonchev–Trinajstić information content (AvgIpc) is 2.40. The molecule has 1 aromatic rings. The van der Waals surface area contributed by atoms with Crippen LogP contribution in [-0.2, 0) is 25.2 Å². The van der Waals surface area contributed by atoms with Gasteiger partial charge in [-0.2, -0.15) is 11.8 Å². The van der Waals surface area contributed by atoms with Gasteiger partial charge in [-0.25, -0.2) is 8.42 Å². The number of nitrogens with one attached hydrogen (secondary N) is 1. The van der Waals surface area contributed by atoms with Crippen LogP contribution in [-0.4, -0.2) is 42.2 Å². The van der Waals surface area contributed by atoms with E-state index >= 15 is 0 Å². The molecule has 8 heteroatoms. The number of benzene rings is 1. The molecule has 0 unspecified atom stereocenters. The number of aliphatic carboxylic acids is 1. The molecule has 132 valence electrons. The zero-order valence-corrected chi connectivity index (χ0v) is 15.1. The minimum atomic E-state index is -3.45. The fraction of sp³-hybridized carbons (Fsp3) is 0.500. The number of hydrogen-bond acceptors (Lipinski definition) is 5. The summed E-state index contributed by atoms with van der Waals surface area (Å²) < 4.78 is 22.6. The molecule has 0 spiro atoms. The summed E-state index contributed by atoms with van der Waals surface area (Å²) in [5.74, 6) is -0.140. The monoisotopic (exact) mass is 371 g/mol. The van der Waals surface area contributed by atoms with E-state index in [1.165, 1.54) is 11.8 Å². The smallest absolute Gasteiger partial charge is 0.304 e. The molecule has 0 heterocycles. The molecule has 0 aromatic heterocycles. The highest BCUT2D eigenvalue weighted by Crippen LogP contribution is 2.40. The molecule has 0 atom stereocenters. The lowest BCUT2D eigenvalue weighted by Crippen LogP contribution is -2.54. The maximum Gasteiger partial charge on any atom is 0.304 e. The topological polar surface area (TPSA) is 101 Å². The van der Waals surface area contributed by atoms with Crippen molar-refractivity contribution in [1.82, 2.24) is 0 Å². The van der Waals surface area contributed by atoms with Crippen LogP contribution in [0, 0.1) is 0 Å². The summed E-state index contributed by atoms with van der Waals surface area (Å²) in [6, 6.07) is 7.19. The van der Waals surface area contributed by atoms with E-state index in [9.17, 15) is 18.0 Å². The van der Waals surface area contributed by atoms with Gasteiger partial charge >= 0.3 is 5.97 Å². The Morgan fingerprint density at radius 1 is 1.33 bits per heavy atom. The summed E-state index contributed by atoms with van der Waals surface area (Å²) in [5.41, 5.74) is 1.51. The van der Waals surface area contributed by atoms with Crippen molar-refractivity contribution in [3.05, 3.63) is 29.8 Å². The normalized spacial score (nSPS) is 16.2. The summed E-state index contributed by atoms with van der Waals surface area (Å²) in [6.07, 6.45) is 2.69. The number of carbonyl (C=O) groups excluding carboxylic acids is 1. The Hall–Kier alpha value is -1.54. The van der Waals surface area contributed by atoms with Crippen LogP contribution in [0.3, 0.4) is 0 Å². The highest BCUT2D eigenvalue weighted by atomic mass is 32.2. The van der Waals surface area contributed by atoms with Crippen molar-refractivity contribution >= 4 is 39.2 Å². The summed E-state index contributed by atoms with van der Waals surface area (Å²) in [7, 11) is -3.45. The summed E-state index contributed by atoms with van der Waals surface area (Å²) >= 11 is 1.50. The van der Waals surface area contributed by atoms with Crippen LogP contribution in [0.2, 0.25) is 0 Å². The maximum absolute atomic E-state index is 12.4. The lowest BCUT2D eigenvalue weighted by molar-refractivity contribution is -0.136. The van der Waals surface area contributed by atoms with Crippen LogP contribution in [0.1, 0.15) is 31.2 Å². The van der Waals surface area contributed by atoms with E-state index in [2.05, 4.69) is 5.32 Å². The predicted molar refractivity (Wildman–Crippen MR) is 94.9 cm³/mol. The second kappa shape index (κ2) is 7.57. The highest BCUT2D eigenvalue weighted by Gasteiger charge is 2.52. The van der Waals surface area contributed by atoms with Crippen molar-refractivity contribution < 1.29 is 23.1 Å². The molecule has 0 bridgehead atoms. The SMILES string of the molecule is CS(=O)(=O)C1(C(=O)Nc2cccc(CSCCC(=O)O)c2)CCC1. The van der Waals surface area contributed by atoms with Gasteiger partial charge < -0.3 is 10.4 Å². The highest BCUT2D eigenvalue weighted by molar-refractivity contribution is 7.98. The third-order valence-electron chi connectivity index (χ3n) is 4.20. The van der Waals surface area contributed by atoms with E-state index < -0.39 is 26.5 Å². The van der Waals surface area contributed by atoms with Gasteiger partial charge in [0.05, 0.1) is 6.42 Å². The molecular formula is C16H21NO5S2. The summed E-state index contributed by atoms with van der Waals surface area (Å²) in [4.78, 5) is 22.9. The number of sulfone groups is 1. The number of thioether (sulfide) groups is 1. The van der Waals surface area contributed by atoms with Crippen molar-refractivity contribution in [3.8, 4) is 0 Å². The van der Waals surface area contributed by atoms with Crippen LogP contribution in [0.25, 0.3) is 0 Å². The fourth-order valence-electron chi connectivity index (χ4n) is 2.60. The summed E-state index contributed by atoms with van der Waals surface area (Å²) in [6.45, 7) is 0. The van der Waals surface area contributed by atoms with E-state index in [-0.39, 0.29) is 6.42 Å². The number of anilines is 1. The zero-order chi connectivity index (χ0) is 17.8. The van der Waals surface area contributed by atoms with Crippen LogP contribution >= 0.6 is 11.8 Å². The van der Waals surface area contributed by atoms with E-state index in [1.54, 1.807) is 18.2 Å². The number of rotatable bonds is 8. The largest absolute Gasteiger partial charge is 0.481 e. The maximum atomic E-state index is 12.4. The van der Waals surface area contributed by atoms with Crippen molar-refractivity contribution in [2.24, 2.45) is 0 Å². The van der Waals surface area contributed by atoms with E-state index in [0.29, 0.717) is 30.0 Å². The number of hydrogen-bond donors (Lipinski definition) is 2. The molecule has 1 saturated carbocycles. The van der Waals surface area contributed by atoms with Gasteiger partial charge in [-0.15, -0.1) is 0 Å². The van der Waals surface area contributed by atoms with Gasteiger partial charge in [0, 0.05) is 23.4 Å². The molecule has 0 radical (unpaired) electrons. The average molecular weight is 371 g/mol. The molecule has 0 saturated heterocycles. The second-order valence-electron chi connectivity index (χ2n) is 5.97.